The second kappa shape index (κ2) is 9.51. The predicted octanol–water partition coefficient (Wildman–Crippen LogP) is 4.16. The largest absolute Gasteiger partial charge is 0.497 e. The molecule has 0 saturated heterocycles. The van der Waals surface area contributed by atoms with Gasteiger partial charge in [0.1, 0.15) is 11.5 Å². The molecule has 0 aliphatic carbocycles. The molecule has 1 aromatic heterocycles. The van der Waals surface area contributed by atoms with Gasteiger partial charge in [0, 0.05) is 11.6 Å². The van der Waals surface area contributed by atoms with Crippen LogP contribution < -0.4 is 29.0 Å². The van der Waals surface area contributed by atoms with Gasteiger partial charge in [0.25, 0.3) is 5.91 Å². The minimum atomic E-state index is -0.347. The first-order valence-corrected chi connectivity index (χ1v) is 8.97. The average molecular weight is 410 g/mol. The Morgan fingerprint density at radius 3 is 1.93 bits per heavy atom. The summed E-state index contributed by atoms with van der Waals surface area (Å²) < 4.78 is 26.6. The highest BCUT2D eigenvalue weighted by Crippen LogP contribution is 2.38. The molecule has 1 amide bonds. The molecule has 1 heterocycles. The zero-order chi connectivity index (χ0) is 21.5. The van der Waals surface area contributed by atoms with Gasteiger partial charge in [-0.25, -0.2) is 4.98 Å². The van der Waals surface area contributed by atoms with E-state index in [4.69, 9.17) is 23.7 Å². The van der Waals surface area contributed by atoms with Crippen LogP contribution in [0.4, 0.5) is 5.69 Å². The number of pyridine rings is 1. The van der Waals surface area contributed by atoms with Gasteiger partial charge in [0.2, 0.25) is 11.6 Å². The Hall–Kier alpha value is -3.94. The van der Waals surface area contributed by atoms with Crippen LogP contribution in [0.25, 0.3) is 0 Å². The monoisotopic (exact) mass is 410 g/mol. The molecule has 0 spiro atoms. The Labute approximate surface area is 174 Å². The molecule has 8 heteroatoms. The minimum Gasteiger partial charge on any atom is -0.497 e. The second-order valence-electron chi connectivity index (χ2n) is 6.03. The van der Waals surface area contributed by atoms with Crippen molar-refractivity contribution >= 4 is 11.6 Å². The maximum atomic E-state index is 12.7. The fourth-order valence-corrected chi connectivity index (χ4v) is 2.69. The van der Waals surface area contributed by atoms with Crippen molar-refractivity contribution in [2.24, 2.45) is 0 Å². The fourth-order valence-electron chi connectivity index (χ4n) is 2.69. The van der Waals surface area contributed by atoms with Crippen LogP contribution in [0.5, 0.6) is 34.6 Å². The molecule has 0 unspecified atom stereocenters. The van der Waals surface area contributed by atoms with Crippen LogP contribution in [0, 0.1) is 0 Å². The van der Waals surface area contributed by atoms with E-state index >= 15 is 0 Å². The summed E-state index contributed by atoms with van der Waals surface area (Å²) in [5.74, 6) is 2.61. The number of nitrogens with one attached hydrogen (secondary N) is 1. The van der Waals surface area contributed by atoms with Gasteiger partial charge in [0.15, 0.2) is 11.5 Å². The second-order valence-corrected chi connectivity index (χ2v) is 6.03. The molecule has 0 bridgehead atoms. The van der Waals surface area contributed by atoms with Gasteiger partial charge in [-0.15, -0.1) is 0 Å². The lowest BCUT2D eigenvalue weighted by Crippen LogP contribution is -2.12. The van der Waals surface area contributed by atoms with E-state index in [9.17, 15) is 4.79 Å². The van der Waals surface area contributed by atoms with Gasteiger partial charge in [-0.3, -0.25) is 4.79 Å². The van der Waals surface area contributed by atoms with E-state index in [0.29, 0.717) is 40.1 Å². The summed E-state index contributed by atoms with van der Waals surface area (Å²) in [5.41, 5.74) is 0.860. The summed E-state index contributed by atoms with van der Waals surface area (Å²) in [6.45, 7) is 0. The highest BCUT2D eigenvalue weighted by Gasteiger charge is 2.17. The molecule has 0 aliphatic rings. The van der Waals surface area contributed by atoms with Gasteiger partial charge in [-0.2, -0.15) is 0 Å². The molecule has 3 rings (SSSR count). The molecule has 0 atom stereocenters. The van der Waals surface area contributed by atoms with Crippen LogP contribution in [0.3, 0.4) is 0 Å². The maximum absolute atomic E-state index is 12.7. The summed E-state index contributed by atoms with van der Waals surface area (Å²) in [5, 5.41) is 2.78. The van der Waals surface area contributed by atoms with Crippen LogP contribution in [-0.4, -0.2) is 39.3 Å². The number of hydrogen-bond acceptors (Lipinski definition) is 7. The highest BCUT2D eigenvalue weighted by molar-refractivity contribution is 6.05. The number of benzene rings is 2. The van der Waals surface area contributed by atoms with Gasteiger partial charge in [-0.05, 0) is 42.5 Å². The molecular weight excluding hydrogens is 388 g/mol. The molecule has 156 valence electrons. The third kappa shape index (κ3) is 4.72. The van der Waals surface area contributed by atoms with E-state index in [2.05, 4.69) is 10.3 Å². The van der Waals surface area contributed by atoms with Crippen LogP contribution in [0.15, 0.2) is 54.7 Å². The Kier molecular flexibility index (Phi) is 6.59. The summed E-state index contributed by atoms with van der Waals surface area (Å²) in [7, 11) is 6.08. The van der Waals surface area contributed by atoms with Crippen molar-refractivity contribution in [2.45, 2.75) is 0 Å². The van der Waals surface area contributed by atoms with Gasteiger partial charge in [-0.1, -0.05) is 0 Å². The third-order valence-corrected chi connectivity index (χ3v) is 4.20. The maximum Gasteiger partial charge on any atom is 0.255 e. The number of carbonyl (C=O) groups is 1. The van der Waals surface area contributed by atoms with Crippen LogP contribution >= 0.6 is 0 Å². The first-order chi connectivity index (χ1) is 14.6. The zero-order valence-corrected chi connectivity index (χ0v) is 17.1. The van der Waals surface area contributed by atoms with Crippen molar-refractivity contribution in [2.75, 3.05) is 33.8 Å². The minimum absolute atomic E-state index is 0.347. The smallest absolute Gasteiger partial charge is 0.255 e. The van der Waals surface area contributed by atoms with Crippen molar-refractivity contribution in [3.8, 4) is 34.6 Å². The number of aromatic nitrogens is 1. The Bertz CT molecular complexity index is 978. The summed E-state index contributed by atoms with van der Waals surface area (Å²) in [6.07, 6.45) is 1.51. The molecule has 0 aliphatic heterocycles. The molecule has 0 fully saturated rings. The molecule has 3 aromatic rings. The predicted molar refractivity (Wildman–Crippen MR) is 111 cm³/mol. The number of nitrogens with zero attached hydrogens (tertiary/aromatic N) is 1. The van der Waals surface area contributed by atoms with E-state index in [1.165, 1.54) is 27.5 Å². The SMILES string of the molecule is COc1ccc(Oc2ccc(NC(=O)c3cc(OC)c(OC)c(OC)c3)cn2)cc1. The van der Waals surface area contributed by atoms with Crippen molar-refractivity contribution in [3.05, 3.63) is 60.3 Å². The van der Waals surface area contributed by atoms with E-state index in [1.807, 2.05) is 0 Å². The number of rotatable bonds is 8. The lowest BCUT2D eigenvalue weighted by molar-refractivity contribution is 0.102. The Morgan fingerprint density at radius 2 is 1.43 bits per heavy atom. The first-order valence-electron chi connectivity index (χ1n) is 8.97. The van der Waals surface area contributed by atoms with Crippen molar-refractivity contribution in [3.63, 3.8) is 0 Å². The molecule has 0 saturated carbocycles. The third-order valence-electron chi connectivity index (χ3n) is 4.20. The number of ether oxygens (including phenoxy) is 5. The summed E-state index contributed by atoms with van der Waals surface area (Å²) in [4.78, 5) is 16.9. The van der Waals surface area contributed by atoms with Gasteiger partial charge in [0.05, 0.1) is 40.3 Å². The number of anilines is 1. The first kappa shape index (κ1) is 20.8. The number of amides is 1. The van der Waals surface area contributed by atoms with E-state index in [0.717, 1.165) is 5.75 Å². The molecular formula is C22H22N2O6. The van der Waals surface area contributed by atoms with E-state index in [-0.39, 0.29) is 5.91 Å². The van der Waals surface area contributed by atoms with Gasteiger partial charge >= 0.3 is 0 Å². The standard InChI is InChI=1S/C22H22N2O6/c1-26-16-6-8-17(9-7-16)30-20-10-5-15(13-23-20)24-22(25)14-11-18(27-2)21(29-4)19(12-14)28-3/h5-13H,1-4H3,(H,24,25). The van der Waals surface area contributed by atoms with Crippen molar-refractivity contribution in [1.29, 1.82) is 0 Å². The molecule has 2 aromatic carbocycles. The lowest BCUT2D eigenvalue weighted by atomic mass is 10.1. The lowest BCUT2D eigenvalue weighted by Gasteiger charge is -2.14. The summed E-state index contributed by atoms with van der Waals surface area (Å²) >= 11 is 0. The molecule has 30 heavy (non-hydrogen) atoms. The number of hydrogen-bond donors (Lipinski definition) is 1. The molecule has 8 nitrogen and oxygen atoms in total. The van der Waals surface area contributed by atoms with Crippen LogP contribution in [0.1, 0.15) is 10.4 Å². The van der Waals surface area contributed by atoms with E-state index in [1.54, 1.807) is 55.6 Å². The fraction of sp³-hybridized carbons (Fsp3) is 0.182. The normalized spacial score (nSPS) is 10.1. The average Bonchev–Trinajstić information content (AvgIpc) is 2.79. The number of methoxy groups -OCH3 is 4. The number of carbonyl (C=O) groups excluding carboxylic acids is 1. The quantitative estimate of drug-likeness (QED) is 0.596. The van der Waals surface area contributed by atoms with Crippen LogP contribution in [0.2, 0.25) is 0 Å². The van der Waals surface area contributed by atoms with E-state index < -0.39 is 0 Å². The van der Waals surface area contributed by atoms with Gasteiger partial charge < -0.3 is 29.0 Å². The topological polar surface area (TPSA) is 88.1 Å². The zero-order valence-electron chi connectivity index (χ0n) is 17.1. The molecule has 1 N–H and O–H groups in total. The molecule has 0 radical (unpaired) electrons. The highest BCUT2D eigenvalue weighted by atomic mass is 16.5. The Balaban J connectivity index is 1.71. The summed E-state index contributed by atoms with van der Waals surface area (Å²) in [6, 6.07) is 13.7. The van der Waals surface area contributed by atoms with Crippen molar-refractivity contribution in [1.82, 2.24) is 4.98 Å². The Morgan fingerprint density at radius 1 is 0.800 bits per heavy atom. The van der Waals surface area contributed by atoms with Crippen LogP contribution in [-0.2, 0) is 0 Å². The van der Waals surface area contributed by atoms with Crippen molar-refractivity contribution < 1.29 is 28.5 Å².